The largest absolute Gasteiger partial charge is 0.300 e. The second-order valence-electron chi connectivity index (χ2n) is 10.4. The van der Waals surface area contributed by atoms with Crippen LogP contribution in [0.5, 0.6) is 0 Å². The Morgan fingerprint density at radius 3 is 1.95 bits per heavy atom. The van der Waals surface area contributed by atoms with Crippen LogP contribution < -0.4 is 0 Å². The van der Waals surface area contributed by atoms with E-state index in [4.69, 9.17) is 0 Å². The second kappa shape index (κ2) is 6.11. The van der Waals surface area contributed by atoms with E-state index in [0.29, 0.717) is 5.41 Å². The van der Waals surface area contributed by atoms with Crippen molar-refractivity contribution in [2.75, 3.05) is 13.1 Å². The first-order valence-corrected chi connectivity index (χ1v) is 10.0. The summed E-state index contributed by atoms with van der Waals surface area (Å²) >= 11 is 0. The van der Waals surface area contributed by atoms with E-state index in [2.05, 4.69) is 39.5 Å². The van der Waals surface area contributed by atoms with E-state index in [0.717, 1.165) is 29.2 Å². The Balaban J connectivity index is 1.56. The highest BCUT2D eigenvalue weighted by Crippen LogP contribution is 2.54. The molecule has 128 valence electrons. The fourth-order valence-electron chi connectivity index (χ4n) is 6.05. The molecular formula is C21H39N. The van der Waals surface area contributed by atoms with Crippen LogP contribution in [0.2, 0.25) is 0 Å². The molecule has 0 aromatic carbocycles. The van der Waals surface area contributed by atoms with Crippen molar-refractivity contribution in [2.45, 2.75) is 92.0 Å². The lowest BCUT2D eigenvalue weighted by Gasteiger charge is -2.44. The number of piperidine rings is 1. The van der Waals surface area contributed by atoms with Crippen LogP contribution in [0.1, 0.15) is 86.0 Å². The molecule has 1 aliphatic heterocycles. The maximum atomic E-state index is 2.88. The molecule has 1 spiro atoms. The molecule has 0 amide bonds. The normalized spacial score (nSPS) is 44.6. The van der Waals surface area contributed by atoms with Crippen molar-refractivity contribution in [1.82, 2.24) is 4.90 Å². The van der Waals surface area contributed by atoms with Gasteiger partial charge in [0.2, 0.25) is 0 Å². The predicted molar refractivity (Wildman–Crippen MR) is 96.0 cm³/mol. The lowest BCUT2D eigenvalue weighted by Crippen LogP contribution is -2.44. The van der Waals surface area contributed by atoms with Crippen LogP contribution in [-0.4, -0.2) is 24.0 Å². The highest BCUT2D eigenvalue weighted by Gasteiger charge is 2.45. The van der Waals surface area contributed by atoms with Crippen LogP contribution in [0.4, 0.5) is 0 Å². The maximum Gasteiger partial charge on any atom is 0.0101 e. The summed E-state index contributed by atoms with van der Waals surface area (Å²) < 4.78 is 0. The third-order valence-corrected chi connectivity index (χ3v) is 7.36. The Hall–Kier alpha value is -0.0400. The quantitative estimate of drug-likeness (QED) is 0.597. The van der Waals surface area contributed by atoms with Gasteiger partial charge in [0.15, 0.2) is 0 Å². The van der Waals surface area contributed by atoms with Gasteiger partial charge < -0.3 is 0 Å². The summed E-state index contributed by atoms with van der Waals surface area (Å²) in [5.74, 6) is 2.79. The van der Waals surface area contributed by atoms with Gasteiger partial charge in [-0.1, -0.05) is 34.6 Å². The van der Waals surface area contributed by atoms with Gasteiger partial charge in [-0.25, -0.2) is 0 Å². The molecule has 2 aliphatic carbocycles. The van der Waals surface area contributed by atoms with Crippen molar-refractivity contribution >= 4 is 0 Å². The summed E-state index contributed by atoms with van der Waals surface area (Å²) in [6.07, 6.45) is 12.0. The van der Waals surface area contributed by atoms with Crippen molar-refractivity contribution < 1.29 is 0 Å². The number of nitrogens with zero attached hydrogens (tertiary/aromatic N) is 1. The average Bonchev–Trinajstić information content (AvgIpc) is 2.81. The Morgan fingerprint density at radius 2 is 1.41 bits per heavy atom. The van der Waals surface area contributed by atoms with Crippen LogP contribution in [0.25, 0.3) is 0 Å². The highest BCUT2D eigenvalue weighted by molar-refractivity contribution is 4.98. The zero-order chi connectivity index (χ0) is 16.0. The third-order valence-electron chi connectivity index (χ3n) is 7.36. The van der Waals surface area contributed by atoms with Gasteiger partial charge in [0.05, 0.1) is 0 Å². The molecule has 3 aliphatic rings. The van der Waals surface area contributed by atoms with Gasteiger partial charge in [-0.2, -0.15) is 0 Å². The first-order chi connectivity index (χ1) is 10.3. The molecule has 3 fully saturated rings. The Bertz CT molecular complexity index is 362. The van der Waals surface area contributed by atoms with Crippen LogP contribution in [0.3, 0.4) is 0 Å². The molecule has 1 heterocycles. The van der Waals surface area contributed by atoms with Crippen molar-refractivity contribution in [3.05, 3.63) is 0 Å². The Labute approximate surface area is 139 Å². The monoisotopic (exact) mass is 305 g/mol. The van der Waals surface area contributed by atoms with Gasteiger partial charge in [0.25, 0.3) is 0 Å². The standard InChI is InChI=1S/C21H39N/c1-16-12-17(2)15-22(14-16)19-8-11-21(13-19)9-6-18(7-10-21)20(3,4)5/h16-19H,6-15H2,1-5H3. The van der Waals surface area contributed by atoms with Crippen molar-refractivity contribution in [2.24, 2.45) is 28.6 Å². The summed E-state index contributed by atoms with van der Waals surface area (Å²) in [6, 6.07) is 0.913. The zero-order valence-electron chi connectivity index (χ0n) is 15.8. The number of hydrogen-bond donors (Lipinski definition) is 0. The van der Waals surface area contributed by atoms with Crippen LogP contribution in [0.15, 0.2) is 0 Å². The fraction of sp³-hybridized carbons (Fsp3) is 1.00. The van der Waals surface area contributed by atoms with Crippen LogP contribution in [-0.2, 0) is 0 Å². The van der Waals surface area contributed by atoms with Gasteiger partial charge >= 0.3 is 0 Å². The Morgan fingerprint density at radius 1 is 0.864 bits per heavy atom. The first kappa shape index (κ1) is 16.8. The number of hydrogen-bond acceptors (Lipinski definition) is 1. The smallest absolute Gasteiger partial charge is 0.0101 e. The molecule has 1 saturated heterocycles. The minimum absolute atomic E-state index is 0.525. The maximum absolute atomic E-state index is 2.88. The van der Waals surface area contributed by atoms with E-state index >= 15 is 0 Å². The van der Waals surface area contributed by atoms with Crippen LogP contribution in [0, 0.1) is 28.6 Å². The molecule has 1 nitrogen and oxygen atoms in total. The molecule has 0 N–H and O–H groups in total. The SMILES string of the molecule is CC1CC(C)CN(C2CCC3(CCC(C(C)(C)C)CC3)C2)C1. The molecule has 3 atom stereocenters. The summed E-state index contributed by atoms with van der Waals surface area (Å²) in [4.78, 5) is 2.88. The van der Waals surface area contributed by atoms with Gasteiger partial charge in [0, 0.05) is 19.1 Å². The van der Waals surface area contributed by atoms with E-state index in [1.807, 2.05) is 0 Å². The van der Waals surface area contributed by atoms with E-state index in [-0.39, 0.29) is 0 Å². The first-order valence-electron chi connectivity index (χ1n) is 10.0. The van der Waals surface area contributed by atoms with Gasteiger partial charge in [0.1, 0.15) is 0 Å². The summed E-state index contributed by atoms with van der Waals surface area (Å²) in [5, 5.41) is 0. The molecule has 22 heavy (non-hydrogen) atoms. The average molecular weight is 306 g/mol. The molecule has 0 bridgehead atoms. The topological polar surface area (TPSA) is 3.24 Å². The van der Waals surface area contributed by atoms with Crippen molar-refractivity contribution in [3.63, 3.8) is 0 Å². The van der Waals surface area contributed by atoms with Gasteiger partial charge in [-0.3, -0.25) is 4.90 Å². The van der Waals surface area contributed by atoms with Crippen LogP contribution >= 0.6 is 0 Å². The number of rotatable bonds is 1. The Kier molecular flexibility index (Phi) is 4.67. The molecule has 0 radical (unpaired) electrons. The summed E-state index contributed by atoms with van der Waals surface area (Å²) in [7, 11) is 0. The molecule has 3 rings (SSSR count). The predicted octanol–water partition coefficient (Wildman–Crippen LogP) is 5.74. The molecular weight excluding hydrogens is 266 g/mol. The van der Waals surface area contributed by atoms with E-state index in [9.17, 15) is 0 Å². The third kappa shape index (κ3) is 3.55. The second-order valence-corrected chi connectivity index (χ2v) is 10.4. The van der Waals surface area contributed by atoms with Gasteiger partial charge in [-0.05, 0) is 80.0 Å². The van der Waals surface area contributed by atoms with Crippen molar-refractivity contribution in [1.29, 1.82) is 0 Å². The molecule has 1 heteroatoms. The molecule has 0 aromatic rings. The summed E-state index contributed by atoms with van der Waals surface area (Å²) in [5.41, 5.74) is 1.26. The van der Waals surface area contributed by atoms with Crippen molar-refractivity contribution in [3.8, 4) is 0 Å². The lowest BCUT2D eigenvalue weighted by atomic mass is 9.63. The highest BCUT2D eigenvalue weighted by atomic mass is 15.2. The van der Waals surface area contributed by atoms with E-state index < -0.39 is 0 Å². The molecule has 2 saturated carbocycles. The number of likely N-dealkylation sites (tertiary alicyclic amines) is 1. The van der Waals surface area contributed by atoms with Gasteiger partial charge in [-0.15, -0.1) is 0 Å². The van der Waals surface area contributed by atoms with E-state index in [1.54, 1.807) is 0 Å². The summed E-state index contributed by atoms with van der Waals surface area (Å²) in [6.45, 7) is 15.0. The molecule has 0 aromatic heterocycles. The minimum atomic E-state index is 0.525. The fourth-order valence-corrected chi connectivity index (χ4v) is 6.05. The lowest BCUT2D eigenvalue weighted by molar-refractivity contribution is 0.0653. The van der Waals surface area contributed by atoms with E-state index in [1.165, 1.54) is 64.5 Å². The zero-order valence-corrected chi connectivity index (χ0v) is 15.8. The minimum Gasteiger partial charge on any atom is -0.300 e. The molecule has 3 unspecified atom stereocenters.